The van der Waals surface area contributed by atoms with Crippen LogP contribution in [-0.2, 0) is 16.6 Å². The lowest BCUT2D eigenvalue weighted by molar-refractivity contribution is 0.236. The first kappa shape index (κ1) is 19.0. The third-order valence-electron chi connectivity index (χ3n) is 5.89. The van der Waals surface area contributed by atoms with Gasteiger partial charge >= 0.3 is 0 Å². The van der Waals surface area contributed by atoms with Crippen LogP contribution < -0.4 is 4.74 Å². The number of ether oxygens (including phenoxy) is 1. The van der Waals surface area contributed by atoms with Crippen molar-refractivity contribution < 1.29 is 13.2 Å². The van der Waals surface area contributed by atoms with E-state index in [4.69, 9.17) is 4.74 Å². The van der Waals surface area contributed by atoms with Crippen LogP contribution in [0, 0.1) is 5.92 Å². The molecule has 2 saturated heterocycles. The minimum atomic E-state index is -3.10. The first-order chi connectivity index (χ1) is 14.0. The first-order valence-electron chi connectivity index (χ1n) is 9.77. The van der Waals surface area contributed by atoms with Crippen molar-refractivity contribution in [1.82, 2.24) is 14.2 Å². The second-order valence-corrected chi connectivity index (χ2v) is 10.8. The Hall–Kier alpha value is -2.00. The lowest BCUT2D eigenvalue weighted by Gasteiger charge is -2.24. The van der Waals surface area contributed by atoms with Crippen LogP contribution in [0.2, 0.25) is 0 Å². The Balaban J connectivity index is 1.24. The average molecular weight is 430 g/mol. The van der Waals surface area contributed by atoms with Crippen LogP contribution in [0.4, 0.5) is 0 Å². The van der Waals surface area contributed by atoms with Gasteiger partial charge in [0, 0.05) is 25.7 Å². The van der Waals surface area contributed by atoms with Crippen LogP contribution in [-0.4, -0.2) is 54.5 Å². The number of sulfonamides is 1. The molecule has 3 heterocycles. The van der Waals surface area contributed by atoms with Crippen LogP contribution >= 0.6 is 11.3 Å². The molecule has 152 valence electrons. The Kier molecular flexibility index (Phi) is 4.82. The van der Waals surface area contributed by atoms with Gasteiger partial charge in [-0.3, -0.25) is 4.90 Å². The summed E-state index contributed by atoms with van der Waals surface area (Å²) in [7, 11) is -3.10. The molecule has 0 saturated carbocycles. The van der Waals surface area contributed by atoms with Crippen LogP contribution in [0.5, 0.6) is 10.9 Å². The minimum Gasteiger partial charge on any atom is -0.431 e. The Morgan fingerprint density at radius 3 is 2.69 bits per heavy atom. The number of aromatic nitrogens is 1. The predicted octanol–water partition coefficient (Wildman–Crippen LogP) is 3.55. The summed E-state index contributed by atoms with van der Waals surface area (Å²) in [5, 5.41) is 0.646. The molecule has 0 N–H and O–H groups in total. The van der Waals surface area contributed by atoms with E-state index in [0.717, 1.165) is 35.5 Å². The molecular formula is C21H23N3O3S2. The largest absolute Gasteiger partial charge is 0.431 e. The van der Waals surface area contributed by atoms with E-state index in [1.165, 1.54) is 23.2 Å². The monoisotopic (exact) mass is 429 g/mol. The Labute approximate surface area is 174 Å². The van der Waals surface area contributed by atoms with E-state index in [1.54, 1.807) is 4.31 Å². The van der Waals surface area contributed by atoms with Crippen LogP contribution in [0.25, 0.3) is 10.2 Å². The number of hydrogen-bond donors (Lipinski definition) is 0. The smallest absolute Gasteiger partial charge is 0.279 e. The van der Waals surface area contributed by atoms with Gasteiger partial charge in [0.1, 0.15) is 5.75 Å². The summed E-state index contributed by atoms with van der Waals surface area (Å²) in [6.07, 6.45) is 2.37. The van der Waals surface area contributed by atoms with Gasteiger partial charge in [0.15, 0.2) is 0 Å². The maximum Gasteiger partial charge on any atom is 0.279 e. The number of thiazole rings is 1. The number of nitrogens with zero attached hydrogens (tertiary/aromatic N) is 3. The van der Waals surface area contributed by atoms with Crippen LogP contribution in [0.15, 0.2) is 48.5 Å². The molecule has 0 spiro atoms. The fourth-order valence-electron chi connectivity index (χ4n) is 4.37. The van der Waals surface area contributed by atoms with E-state index < -0.39 is 10.0 Å². The van der Waals surface area contributed by atoms with Crippen LogP contribution in [0.3, 0.4) is 0 Å². The van der Waals surface area contributed by atoms with Gasteiger partial charge in [-0.1, -0.05) is 35.6 Å². The maximum absolute atomic E-state index is 11.9. The van der Waals surface area contributed by atoms with Crippen LogP contribution in [0.1, 0.15) is 12.0 Å². The van der Waals surface area contributed by atoms with Gasteiger partial charge in [-0.05, 0) is 48.7 Å². The molecule has 2 aromatic carbocycles. The summed E-state index contributed by atoms with van der Waals surface area (Å²) in [5.74, 6) is 1.22. The quantitative estimate of drug-likeness (QED) is 0.621. The van der Waals surface area contributed by atoms with Crippen molar-refractivity contribution >= 4 is 31.6 Å². The molecule has 0 radical (unpaired) electrons. The molecule has 6 nitrogen and oxygen atoms in total. The highest BCUT2D eigenvalue weighted by molar-refractivity contribution is 7.88. The Morgan fingerprint density at radius 1 is 1.14 bits per heavy atom. The molecule has 0 aliphatic carbocycles. The SMILES string of the molecule is CS(=O)(=O)N1CC2CCN(Cc3ccc(Oc4nc5ccccc5s4)cc3)C2C1. The lowest BCUT2D eigenvalue weighted by atomic mass is 10.0. The number of para-hydroxylation sites is 1. The van der Waals surface area contributed by atoms with Gasteiger partial charge in [0.2, 0.25) is 10.0 Å². The van der Waals surface area contributed by atoms with Gasteiger partial charge in [-0.15, -0.1) is 0 Å². The van der Waals surface area contributed by atoms with Crippen molar-refractivity contribution in [2.75, 3.05) is 25.9 Å². The zero-order valence-corrected chi connectivity index (χ0v) is 17.8. The third kappa shape index (κ3) is 3.90. The summed E-state index contributed by atoms with van der Waals surface area (Å²) < 4.78 is 32.4. The molecule has 2 aliphatic rings. The van der Waals surface area contributed by atoms with Crippen molar-refractivity contribution in [3.05, 3.63) is 54.1 Å². The predicted molar refractivity (Wildman–Crippen MR) is 115 cm³/mol. The Morgan fingerprint density at radius 2 is 1.93 bits per heavy atom. The number of benzene rings is 2. The van der Waals surface area contributed by atoms with Gasteiger partial charge in [-0.2, -0.15) is 0 Å². The highest BCUT2D eigenvalue weighted by Crippen LogP contribution is 2.34. The summed E-state index contributed by atoms with van der Waals surface area (Å²) >= 11 is 1.54. The normalized spacial score (nSPS) is 22.9. The molecular weight excluding hydrogens is 406 g/mol. The molecule has 1 aromatic heterocycles. The van der Waals surface area contributed by atoms with E-state index >= 15 is 0 Å². The first-order valence-corrected chi connectivity index (χ1v) is 12.4. The van der Waals surface area contributed by atoms with E-state index in [0.29, 0.717) is 30.2 Å². The number of fused-ring (bicyclic) bond motifs is 2. The highest BCUT2D eigenvalue weighted by Gasteiger charge is 2.43. The maximum atomic E-state index is 11.9. The van der Waals surface area contributed by atoms with Gasteiger partial charge in [0.25, 0.3) is 5.19 Å². The summed E-state index contributed by atoms with van der Waals surface area (Å²) in [6.45, 7) is 3.13. The summed E-state index contributed by atoms with van der Waals surface area (Å²) in [5.41, 5.74) is 2.16. The molecule has 2 atom stereocenters. The molecule has 2 unspecified atom stereocenters. The summed E-state index contributed by atoms with van der Waals surface area (Å²) in [4.78, 5) is 6.93. The highest BCUT2D eigenvalue weighted by atomic mass is 32.2. The summed E-state index contributed by atoms with van der Waals surface area (Å²) in [6, 6.07) is 16.4. The van der Waals surface area contributed by atoms with Gasteiger partial charge in [-0.25, -0.2) is 17.7 Å². The number of likely N-dealkylation sites (tertiary alicyclic amines) is 1. The van der Waals surface area contributed by atoms with E-state index in [1.807, 2.05) is 36.4 Å². The second-order valence-electron chi connectivity index (χ2n) is 7.86. The van der Waals surface area contributed by atoms with Crippen molar-refractivity contribution in [2.24, 2.45) is 5.92 Å². The zero-order valence-electron chi connectivity index (χ0n) is 16.2. The van der Waals surface area contributed by atoms with E-state index in [9.17, 15) is 8.42 Å². The third-order valence-corrected chi connectivity index (χ3v) is 8.04. The van der Waals surface area contributed by atoms with Crippen molar-refractivity contribution in [1.29, 1.82) is 0 Å². The second kappa shape index (κ2) is 7.36. The van der Waals surface area contributed by atoms with Crippen molar-refractivity contribution in [3.63, 3.8) is 0 Å². The van der Waals surface area contributed by atoms with Gasteiger partial charge in [0.05, 0.1) is 16.5 Å². The minimum absolute atomic E-state index is 0.323. The molecule has 8 heteroatoms. The number of hydrogen-bond acceptors (Lipinski definition) is 6. The topological polar surface area (TPSA) is 62.7 Å². The molecule has 0 amide bonds. The molecule has 0 bridgehead atoms. The van der Waals surface area contributed by atoms with E-state index in [-0.39, 0.29) is 0 Å². The Bertz CT molecular complexity index is 1090. The van der Waals surface area contributed by atoms with Crippen molar-refractivity contribution in [2.45, 2.75) is 19.0 Å². The van der Waals surface area contributed by atoms with Crippen molar-refractivity contribution in [3.8, 4) is 10.9 Å². The fourth-order valence-corrected chi connectivity index (χ4v) is 6.09. The lowest BCUT2D eigenvalue weighted by Crippen LogP contribution is -2.36. The van der Waals surface area contributed by atoms with Gasteiger partial charge < -0.3 is 4.74 Å². The zero-order chi connectivity index (χ0) is 20.0. The van der Waals surface area contributed by atoms with E-state index in [2.05, 4.69) is 22.0 Å². The molecule has 3 aromatic rings. The molecule has 2 aliphatic heterocycles. The average Bonchev–Trinajstić information content (AvgIpc) is 3.37. The molecule has 29 heavy (non-hydrogen) atoms. The fraction of sp³-hybridized carbons (Fsp3) is 0.381. The standard InChI is InChI=1S/C21H23N3O3S2/c1-29(25,26)24-13-16-10-11-23(19(16)14-24)12-15-6-8-17(9-7-15)27-21-22-18-4-2-3-5-20(18)28-21/h2-9,16,19H,10-14H2,1H3. The molecule has 2 fully saturated rings. The number of rotatable bonds is 5. The molecule has 5 rings (SSSR count).